The molecule has 0 heterocycles. The predicted molar refractivity (Wildman–Crippen MR) is 63.8 cm³/mol. The topological polar surface area (TPSA) is 104 Å². The smallest absolute Gasteiger partial charge is 0.399 e. The van der Waals surface area contributed by atoms with E-state index in [-0.39, 0.29) is 33.9 Å². The molecule has 14 heavy (non-hydrogen) atoms. The third-order valence-corrected chi connectivity index (χ3v) is 1.57. The van der Waals surface area contributed by atoms with Gasteiger partial charge in [0.05, 0.1) is 0 Å². The summed E-state index contributed by atoms with van der Waals surface area (Å²) in [5.74, 6) is 0. The van der Waals surface area contributed by atoms with Gasteiger partial charge in [-0.2, -0.15) is 0 Å². The summed E-state index contributed by atoms with van der Waals surface area (Å²) in [6.07, 6.45) is 0. The van der Waals surface area contributed by atoms with Gasteiger partial charge in [0.25, 0.3) is 0 Å². The average Bonchev–Trinajstić information content (AvgIpc) is 2.11. The van der Waals surface area contributed by atoms with Crippen molar-refractivity contribution in [3.63, 3.8) is 0 Å². The standard InChI is InChI=1S/C6H8N2.CH4N2S2.Na/c7-5-1-2-6(8)4-3-5;2-1(4)5-3;/h1-4H,7-8H2;3H2,(H2,2,4);/q;;+1. The van der Waals surface area contributed by atoms with E-state index in [0.717, 1.165) is 23.3 Å². The molecule has 0 bridgehead atoms. The van der Waals surface area contributed by atoms with E-state index in [0.29, 0.717) is 0 Å². The van der Waals surface area contributed by atoms with E-state index in [1.54, 1.807) is 24.3 Å². The SMILES string of the molecule is NSC(N)=S.Nc1ccc(N)cc1.[Na+]. The van der Waals surface area contributed by atoms with Gasteiger partial charge >= 0.3 is 29.6 Å². The second-order valence-corrected chi connectivity index (χ2v) is 3.48. The Morgan fingerprint density at radius 1 is 1.07 bits per heavy atom. The van der Waals surface area contributed by atoms with Crippen molar-refractivity contribution in [2.45, 2.75) is 0 Å². The molecule has 0 unspecified atom stereocenters. The summed E-state index contributed by atoms with van der Waals surface area (Å²) in [7, 11) is 0. The molecule has 0 aliphatic carbocycles. The van der Waals surface area contributed by atoms with Crippen molar-refractivity contribution >= 4 is 39.9 Å². The maximum Gasteiger partial charge on any atom is 1.00 e. The van der Waals surface area contributed by atoms with E-state index >= 15 is 0 Å². The minimum absolute atomic E-state index is 0. The summed E-state index contributed by atoms with van der Waals surface area (Å²) in [6.45, 7) is 0. The first-order chi connectivity index (χ1) is 6.06. The Bertz CT molecular complexity index is 244. The van der Waals surface area contributed by atoms with Crippen LogP contribution in [0.4, 0.5) is 11.4 Å². The molecule has 4 nitrogen and oxygen atoms in total. The molecule has 1 rings (SSSR count). The number of hydrogen-bond acceptors (Lipinski definition) is 5. The fraction of sp³-hybridized carbons (Fsp3) is 0. The third kappa shape index (κ3) is 10.1. The van der Waals surface area contributed by atoms with Crippen LogP contribution in [0.25, 0.3) is 0 Å². The largest absolute Gasteiger partial charge is 1.00 e. The Balaban J connectivity index is 0. The van der Waals surface area contributed by atoms with Crippen LogP contribution >= 0.6 is 24.2 Å². The van der Waals surface area contributed by atoms with Gasteiger partial charge < -0.3 is 17.2 Å². The van der Waals surface area contributed by atoms with E-state index in [4.69, 9.17) is 22.3 Å². The number of nitrogens with two attached hydrogens (primary N) is 4. The molecular formula is C7H12N4NaS2+. The molecule has 1 aromatic carbocycles. The number of nitrogen functional groups attached to an aromatic ring is 2. The summed E-state index contributed by atoms with van der Waals surface area (Å²) in [5.41, 5.74) is 17.1. The molecule has 1 aromatic rings. The Kier molecular flexibility index (Phi) is 11.2. The molecule has 0 fully saturated rings. The van der Waals surface area contributed by atoms with Gasteiger partial charge in [0.2, 0.25) is 0 Å². The maximum atomic E-state index is 5.37. The maximum absolute atomic E-state index is 5.37. The number of hydrogen-bond donors (Lipinski definition) is 4. The van der Waals surface area contributed by atoms with Gasteiger partial charge in [-0.1, -0.05) is 12.2 Å². The average molecular weight is 239 g/mol. The van der Waals surface area contributed by atoms with Gasteiger partial charge in [0, 0.05) is 11.4 Å². The van der Waals surface area contributed by atoms with Crippen LogP contribution in [0.5, 0.6) is 0 Å². The van der Waals surface area contributed by atoms with Crippen LogP contribution in [0.1, 0.15) is 0 Å². The van der Waals surface area contributed by atoms with Crippen molar-refractivity contribution in [1.82, 2.24) is 0 Å². The van der Waals surface area contributed by atoms with Crippen molar-refractivity contribution in [3.05, 3.63) is 24.3 Å². The minimum Gasteiger partial charge on any atom is -0.399 e. The van der Waals surface area contributed by atoms with Gasteiger partial charge in [0.1, 0.15) is 4.32 Å². The molecular weight excluding hydrogens is 227 g/mol. The van der Waals surface area contributed by atoms with Crippen LogP contribution < -0.4 is 51.9 Å². The Morgan fingerprint density at radius 3 is 1.43 bits per heavy atom. The van der Waals surface area contributed by atoms with E-state index < -0.39 is 0 Å². The fourth-order valence-electron chi connectivity index (χ4n) is 0.496. The van der Waals surface area contributed by atoms with Crippen molar-refractivity contribution < 1.29 is 29.6 Å². The van der Waals surface area contributed by atoms with Crippen molar-refractivity contribution in [1.29, 1.82) is 0 Å². The Morgan fingerprint density at radius 2 is 1.29 bits per heavy atom. The third-order valence-electron chi connectivity index (χ3n) is 1.05. The van der Waals surface area contributed by atoms with E-state index in [1.807, 2.05) is 0 Å². The summed E-state index contributed by atoms with van der Waals surface area (Å²) >= 11 is 5.20. The monoisotopic (exact) mass is 239 g/mol. The molecule has 0 saturated heterocycles. The van der Waals surface area contributed by atoms with Crippen LogP contribution in [0.3, 0.4) is 0 Å². The molecule has 0 aromatic heterocycles. The van der Waals surface area contributed by atoms with Gasteiger partial charge in [0.15, 0.2) is 0 Å². The number of anilines is 2. The van der Waals surface area contributed by atoms with Crippen LogP contribution in [0.2, 0.25) is 0 Å². The second-order valence-electron chi connectivity index (χ2n) is 2.10. The molecule has 72 valence electrons. The normalized spacial score (nSPS) is 7.79. The van der Waals surface area contributed by atoms with Gasteiger partial charge in [-0.15, -0.1) is 0 Å². The molecule has 0 atom stereocenters. The van der Waals surface area contributed by atoms with Crippen LogP contribution in [-0.2, 0) is 0 Å². The summed E-state index contributed by atoms with van der Waals surface area (Å²) in [6, 6.07) is 7.09. The minimum atomic E-state index is 0. The van der Waals surface area contributed by atoms with E-state index in [2.05, 4.69) is 12.2 Å². The Hall–Kier alpha value is 0.0200. The predicted octanol–water partition coefficient (Wildman–Crippen LogP) is -2.31. The molecule has 0 aliphatic heterocycles. The molecule has 0 radical (unpaired) electrons. The number of benzene rings is 1. The summed E-state index contributed by atoms with van der Waals surface area (Å²) in [5, 5.41) is 4.82. The van der Waals surface area contributed by atoms with Gasteiger partial charge in [-0.3, -0.25) is 5.14 Å². The number of thiocarbonyl (C=S) groups is 1. The first kappa shape index (κ1) is 16.4. The molecule has 7 heteroatoms. The summed E-state index contributed by atoms with van der Waals surface area (Å²) < 4.78 is 0.282. The zero-order valence-corrected chi connectivity index (χ0v) is 11.6. The molecule has 0 spiro atoms. The molecule has 8 N–H and O–H groups in total. The van der Waals surface area contributed by atoms with Crippen LogP contribution in [-0.4, -0.2) is 4.32 Å². The number of rotatable bonds is 0. The van der Waals surface area contributed by atoms with Crippen molar-refractivity contribution in [2.75, 3.05) is 11.5 Å². The zero-order chi connectivity index (χ0) is 10.3. The van der Waals surface area contributed by atoms with Crippen LogP contribution in [0.15, 0.2) is 24.3 Å². The molecule has 0 amide bonds. The van der Waals surface area contributed by atoms with E-state index in [1.165, 1.54) is 0 Å². The first-order valence-corrected chi connectivity index (χ1v) is 4.62. The quantitative estimate of drug-likeness (QED) is 0.176. The second kappa shape index (κ2) is 9.57. The van der Waals surface area contributed by atoms with Crippen molar-refractivity contribution in [3.8, 4) is 0 Å². The first-order valence-electron chi connectivity index (χ1n) is 3.33. The Labute approximate surface area is 115 Å². The fourth-order valence-corrected chi connectivity index (χ4v) is 0.496. The molecule has 0 aliphatic rings. The van der Waals surface area contributed by atoms with Crippen molar-refractivity contribution in [2.24, 2.45) is 10.9 Å². The van der Waals surface area contributed by atoms with Crippen LogP contribution in [0, 0.1) is 0 Å². The van der Waals surface area contributed by atoms with E-state index in [9.17, 15) is 0 Å². The van der Waals surface area contributed by atoms with Gasteiger partial charge in [-0.05, 0) is 36.2 Å². The zero-order valence-electron chi connectivity index (χ0n) is 7.94. The molecule has 0 saturated carbocycles. The van der Waals surface area contributed by atoms with Gasteiger partial charge in [-0.25, -0.2) is 0 Å². The summed E-state index contributed by atoms with van der Waals surface area (Å²) in [4.78, 5) is 0.